The van der Waals surface area contributed by atoms with Crippen molar-refractivity contribution < 1.29 is 23.1 Å². The first-order valence-electron chi connectivity index (χ1n) is 6.11. The van der Waals surface area contributed by atoms with Crippen LogP contribution in [0.25, 0.3) is 11.2 Å². The number of fused-ring (bicyclic) bond motifs is 1. The SMILES string of the molecule is C[N+](C)(C)CCOP(=O)(O)On1cnc(=N)c2[nH]cnc21. The molecule has 2 rings (SSSR count). The van der Waals surface area contributed by atoms with Crippen LogP contribution < -0.4 is 10.1 Å². The Morgan fingerprint density at radius 2 is 2.19 bits per heavy atom. The number of imidazole rings is 1. The monoisotopic (exact) mass is 317 g/mol. The summed E-state index contributed by atoms with van der Waals surface area (Å²) in [5.41, 5.74) is 0.435. The first-order valence-corrected chi connectivity index (χ1v) is 7.61. The van der Waals surface area contributed by atoms with Crippen LogP contribution in [0, 0.1) is 5.41 Å². The van der Waals surface area contributed by atoms with Crippen LogP contribution in [0.3, 0.4) is 0 Å². The van der Waals surface area contributed by atoms with Gasteiger partial charge in [0, 0.05) is 0 Å². The first-order chi connectivity index (χ1) is 9.68. The van der Waals surface area contributed by atoms with Crippen LogP contribution in [-0.4, -0.2) is 63.4 Å². The van der Waals surface area contributed by atoms with E-state index in [-0.39, 0.29) is 17.7 Å². The van der Waals surface area contributed by atoms with Gasteiger partial charge < -0.3 is 14.1 Å². The minimum atomic E-state index is -4.30. The van der Waals surface area contributed by atoms with Gasteiger partial charge in [0.05, 0.1) is 27.5 Å². The van der Waals surface area contributed by atoms with Crippen molar-refractivity contribution in [3.63, 3.8) is 0 Å². The van der Waals surface area contributed by atoms with E-state index in [1.807, 2.05) is 21.1 Å². The van der Waals surface area contributed by atoms with Crippen molar-refractivity contribution in [1.29, 1.82) is 5.41 Å². The molecule has 1 unspecified atom stereocenters. The van der Waals surface area contributed by atoms with Crippen LogP contribution in [0.1, 0.15) is 0 Å². The fourth-order valence-corrected chi connectivity index (χ4v) is 2.18. The van der Waals surface area contributed by atoms with Gasteiger partial charge in [0.2, 0.25) is 0 Å². The van der Waals surface area contributed by atoms with Crippen molar-refractivity contribution in [2.45, 2.75) is 0 Å². The number of rotatable bonds is 6. The van der Waals surface area contributed by atoms with E-state index in [4.69, 9.17) is 14.6 Å². The molecule has 21 heavy (non-hydrogen) atoms. The first kappa shape index (κ1) is 15.6. The van der Waals surface area contributed by atoms with Crippen LogP contribution >= 0.6 is 7.82 Å². The summed E-state index contributed by atoms with van der Waals surface area (Å²) >= 11 is 0. The molecule has 0 aliphatic carbocycles. The number of nitrogens with zero attached hydrogens (tertiary/aromatic N) is 4. The summed E-state index contributed by atoms with van der Waals surface area (Å²) in [7, 11) is 1.51. The second-order valence-electron chi connectivity index (χ2n) is 5.42. The number of H-pyrrole nitrogens is 1. The lowest BCUT2D eigenvalue weighted by Crippen LogP contribution is -2.37. The van der Waals surface area contributed by atoms with E-state index in [1.54, 1.807) is 0 Å². The van der Waals surface area contributed by atoms with E-state index in [2.05, 4.69) is 15.0 Å². The highest BCUT2D eigenvalue weighted by atomic mass is 31.2. The average Bonchev–Trinajstić information content (AvgIpc) is 2.80. The summed E-state index contributed by atoms with van der Waals surface area (Å²) in [6.45, 7) is 0.603. The Bertz CT molecular complexity index is 733. The van der Waals surface area contributed by atoms with E-state index < -0.39 is 7.82 Å². The van der Waals surface area contributed by atoms with Gasteiger partial charge in [-0.15, -0.1) is 4.73 Å². The van der Waals surface area contributed by atoms with Crippen molar-refractivity contribution >= 4 is 19.0 Å². The zero-order valence-electron chi connectivity index (χ0n) is 12.0. The molecule has 2 aromatic rings. The highest BCUT2D eigenvalue weighted by molar-refractivity contribution is 7.47. The lowest BCUT2D eigenvalue weighted by molar-refractivity contribution is -0.870. The molecule has 2 aromatic heterocycles. The lowest BCUT2D eigenvalue weighted by Gasteiger charge is -2.24. The zero-order chi connectivity index (χ0) is 15.7. The van der Waals surface area contributed by atoms with Gasteiger partial charge in [-0.1, -0.05) is 0 Å². The van der Waals surface area contributed by atoms with Crippen molar-refractivity contribution in [2.75, 3.05) is 34.3 Å². The normalized spacial score (nSPS) is 15.0. The van der Waals surface area contributed by atoms with E-state index in [1.165, 1.54) is 6.33 Å². The molecular weight excluding hydrogens is 299 g/mol. The Morgan fingerprint density at radius 1 is 1.48 bits per heavy atom. The molecule has 10 nitrogen and oxygen atoms in total. The molecule has 1 atom stereocenters. The Balaban J connectivity index is 2.12. The number of likely N-dealkylation sites (N-methyl/N-ethyl adjacent to an activating group) is 1. The van der Waals surface area contributed by atoms with Gasteiger partial charge in [0.15, 0.2) is 11.1 Å². The largest absolute Gasteiger partial charge is 0.546 e. The average molecular weight is 317 g/mol. The minimum absolute atomic E-state index is 0.0407. The van der Waals surface area contributed by atoms with Gasteiger partial charge in [-0.2, -0.15) is 0 Å². The molecule has 0 bridgehead atoms. The molecule has 3 N–H and O–H groups in total. The Kier molecular flexibility index (Phi) is 4.15. The maximum absolute atomic E-state index is 11.9. The standard InChI is InChI=1S/C10H17N6O4P/c1-16(2,3)4-5-19-21(17,18)20-15-7-14-9(11)8-10(15)13-6-12-8/h6-7,11H,4-5H2,1-3H3,(H-,12,13,17,18)/p+1. The van der Waals surface area contributed by atoms with Gasteiger partial charge in [0.25, 0.3) is 0 Å². The van der Waals surface area contributed by atoms with Gasteiger partial charge in [-0.3, -0.25) is 14.8 Å². The Morgan fingerprint density at radius 3 is 2.86 bits per heavy atom. The highest BCUT2D eigenvalue weighted by Gasteiger charge is 2.26. The zero-order valence-corrected chi connectivity index (χ0v) is 12.9. The molecule has 11 heteroatoms. The molecule has 0 aromatic carbocycles. The summed E-state index contributed by atoms with van der Waals surface area (Å²) in [6.07, 6.45) is 2.43. The third-order valence-electron chi connectivity index (χ3n) is 2.56. The van der Waals surface area contributed by atoms with Crippen molar-refractivity contribution in [2.24, 2.45) is 0 Å². The van der Waals surface area contributed by atoms with Crippen molar-refractivity contribution in [3.8, 4) is 0 Å². The number of nitrogens with one attached hydrogen (secondary N) is 2. The molecule has 0 saturated heterocycles. The highest BCUT2D eigenvalue weighted by Crippen LogP contribution is 2.39. The van der Waals surface area contributed by atoms with Gasteiger partial charge in [-0.25, -0.2) is 14.5 Å². The van der Waals surface area contributed by atoms with Crippen molar-refractivity contribution in [1.82, 2.24) is 19.7 Å². The smallest absolute Gasteiger partial charge is 0.340 e. The summed E-state index contributed by atoms with van der Waals surface area (Å²) < 4.78 is 23.2. The molecule has 2 heterocycles. The molecule has 116 valence electrons. The summed E-state index contributed by atoms with van der Waals surface area (Å²) in [5.74, 6) is 0. The maximum atomic E-state index is 11.9. The minimum Gasteiger partial charge on any atom is -0.340 e. The van der Waals surface area contributed by atoms with E-state index in [9.17, 15) is 9.46 Å². The molecule has 0 aliphatic rings. The second-order valence-corrected chi connectivity index (χ2v) is 6.78. The summed E-state index contributed by atoms with van der Waals surface area (Å²) in [4.78, 5) is 20.0. The lowest BCUT2D eigenvalue weighted by atomic mass is 10.5. The Hall–Kier alpha value is -1.74. The second kappa shape index (κ2) is 5.57. The number of aromatic amines is 1. The third-order valence-corrected chi connectivity index (χ3v) is 3.46. The van der Waals surface area contributed by atoms with Crippen LogP contribution in [-0.2, 0) is 9.09 Å². The van der Waals surface area contributed by atoms with Crippen LogP contribution in [0.4, 0.5) is 0 Å². The fraction of sp³-hybridized carbons (Fsp3) is 0.500. The molecule has 0 spiro atoms. The van der Waals surface area contributed by atoms with Crippen molar-refractivity contribution in [3.05, 3.63) is 18.1 Å². The van der Waals surface area contributed by atoms with Gasteiger partial charge in [0.1, 0.15) is 25.0 Å². The number of phosphoric ester groups is 1. The number of quaternary nitrogens is 1. The number of aromatic nitrogens is 4. The summed E-state index contributed by atoms with van der Waals surface area (Å²) in [6, 6.07) is 0. The van der Waals surface area contributed by atoms with Crippen LogP contribution in [0.5, 0.6) is 0 Å². The van der Waals surface area contributed by atoms with Crippen LogP contribution in [0.2, 0.25) is 0 Å². The van der Waals surface area contributed by atoms with E-state index >= 15 is 0 Å². The Labute approximate surface area is 120 Å². The number of hydrogen-bond donors (Lipinski definition) is 3. The quantitative estimate of drug-likeness (QED) is 0.486. The van der Waals surface area contributed by atoms with E-state index in [0.717, 1.165) is 11.1 Å². The number of hydrogen-bond acceptors (Lipinski definition) is 6. The molecule has 0 radical (unpaired) electrons. The third kappa shape index (κ3) is 4.11. The predicted octanol–water partition coefficient (Wildman–Crippen LogP) is -0.509. The predicted molar refractivity (Wildman–Crippen MR) is 73.0 cm³/mol. The molecule has 0 fully saturated rings. The van der Waals surface area contributed by atoms with Gasteiger partial charge in [-0.05, 0) is 0 Å². The molecular formula is C10H18N6O4P+. The maximum Gasteiger partial charge on any atom is 0.546 e. The number of phosphoric acid groups is 1. The summed E-state index contributed by atoms with van der Waals surface area (Å²) in [5, 5.41) is 7.57. The fourth-order valence-electron chi connectivity index (χ4n) is 1.48. The molecule has 0 aliphatic heterocycles. The van der Waals surface area contributed by atoms with E-state index in [0.29, 0.717) is 16.5 Å². The molecule has 0 saturated carbocycles. The van der Waals surface area contributed by atoms with Crippen LogP contribution in [0.15, 0.2) is 12.7 Å². The van der Waals surface area contributed by atoms with Gasteiger partial charge >= 0.3 is 7.82 Å². The topological polar surface area (TPSA) is 126 Å². The molecule has 0 amide bonds.